The van der Waals surface area contributed by atoms with Crippen molar-refractivity contribution in [3.05, 3.63) is 0 Å². The molecule has 6 nitrogen and oxygen atoms in total. The van der Waals surface area contributed by atoms with Gasteiger partial charge >= 0.3 is 0 Å². The van der Waals surface area contributed by atoms with Crippen molar-refractivity contribution in [1.82, 2.24) is 9.21 Å². The first kappa shape index (κ1) is 12.8. The first-order valence-electron chi connectivity index (χ1n) is 5.80. The van der Waals surface area contributed by atoms with Gasteiger partial charge in [-0.2, -0.15) is 4.31 Å². The average Bonchev–Trinajstić information content (AvgIpc) is 2.63. The number of amides is 1. The van der Waals surface area contributed by atoms with E-state index in [-0.39, 0.29) is 18.4 Å². The van der Waals surface area contributed by atoms with Crippen LogP contribution in [0.1, 0.15) is 12.8 Å². The summed E-state index contributed by atoms with van der Waals surface area (Å²) in [4.78, 5) is 13.7. The maximum absolute atomic E-state index is 12.1. The van der Waals surface area contributed by atoms with Crippen LogP contribution < -0.4 is 0 Å². The van der Waals surface area contributed by atoms with E-state index in [1.807, 2.05) is 0 Å². The lowest BCUT2D eigenvalue weighted by Crippen LogP contribution is -2.57. The van der Waals surface area contributed by atoms with Gasteiger partial charge < -0.3 is 10.0 Å². The molecule has 2 aliphatic heterocycles. The number of sulfonamides is 1. The van der Waals surface area contributed by atoms with E-state index in [1.165, 1.54) is 4.31 Å². The molecule has 0 bridgehead atoms. The second-order valence-electron chi connectivity index (χ2n) is 4.82. The minimum Gasteiger partial charge on any atom is -0.396 e. The van der Waals surface area contributed by atoms with E-state index in [4.69, 9.17) is 5.11 Å². The van der Waals surface area contributed by atoms with Crippen LogP contribution in [-0.2, 0) is 14.8 Å². The summed E-state index contributed by atoms with van der Waals surface area (Å²) in [5, 5.41) is 8.89. The summed E-state index contributed by atoms with van der Waals surface area (Å²) < 4.78 is 24.3. The Morgan fingerprint density at radius 3 is 2.59 bits per heavy atom. The molecule has 0 aromatic carbocycles. The third kappa shape index (κ3) is 2.46. The molecule has 0 aromatic rings. The van der Waals surface area contributed by atoms with Crippen LogP contribution in [-0.4, -0.2) is 67.2 Å². The second kappa shape index (κ2) is 4.55. The van der Waals surface area contributed by atoms with Gasteiger partial charge in [0.05, 0.1) is 6.26 Å². The van der Waals surface area contributed by atoms with Gasteiger partial charge in [-0.15, -0.1) is 0 Å². The van der Waals surface area contributed by atoms with Crippen molar-refractivity contribution in [2.75, 3.05) is 32.5 Å². The summed E-state index contributed by atoms with van der Waals surface area (Å²) in [7, 11) is -3.30. The van der Waals surface area contributed by atoms with E-state index in [0.29, 0.717) is 26.1 Å². The second-order valence-corrected chi connectivity index (χ2v) is 6.76. The molecule has 0 spiro atoms. The number of hydrogen-bond acceptors (Lipinski definition) is 4. The van der Waals surface area contributed by atoms with Gasteiger partial charge in [-0.05, 0) is 12.8 Å². The molecule has 98 valence electrons. The highest BCUT2D eigenvalue weighted by Crippen LogP contribution is 2.25. The molecule has 7 heteroatoms. The van der Waals surface area contributed by atoms with Gasteiger partial charge in [-0.1, -0.05) is 0 Å². The fraction of sp³-hybridized carbons (Fsp3) is 0.900. The van der Waals surface area contributed by atoms with E-state index >= 15 is 0 Å². The number of carbonyl (C=O) groups excluding carboxylic acids is 1. The molecule has 0 aromatic heterocycles. The van der Waals surface area contributed by atoms with E-state index in [2.05, 4.69) is 0 Å². The smallest absolute Gasteiger partial charge is 0.241 e. The number of aliphatic hydroxyl groups is 1. The summed E-state index contributed by atoms with van der Waals surface area (Å²) in [6.07, 6.45) is 2.48. The van der Waals surface area contributed by atoms with Crippen molar-refractivity contribution in [3.8, 4) is 0 Å². The lowest BCUT2D eigenvalue weighted by Gasteiger charge is -2.40. The predicted octanol–water partition coefficient (Wildman–Crippen LogP) is -1.14. The molecule has 2 rings (SSSR count). The summed E-state index contributed by atoms with van der Waals surface area (Å²) in [6.45, 7) is 1.61. The van der Waals surface area contributed by atoms with Gasteiger partial charge in [0, 0.05) is 32.2 Å². The zero-order valence-corrected chi connectivity index (χ0v) is 10.7. The highest BCUT2D eigenvalue weighted by Gasteiger charge is 2.41. The Labute approximate surface area is 101 Å². The van der Waals surface area contributed by atoms with Crippen molar-refractivity contribution in [3.63, 3.8) is 0 Å². The van der Waals surface area contributed by atoms with Gasteiger partial charge in [0.15, 0.2) is 0 Å². The molecule has 1 atom stereocenters. The zero-order valence-electron chi connectivity index (χ0n) is 9.87. The lowest BCUT2D eigenvalue weighted by molar-refractivity contribution is -0.141. The standard InChI is InChI=1S/C10H18N2O4S/c1-17(15,16)12-4-2-3-9(12)10(14)11-5-8(6-11)7-13/h8-9,13H,2-7H2,1H3. The van der Waals surface area contributed by atoms with Gasteiger partial charge in [0.25, 0.3) is 0 Å². The van der Waals surface area contributed by atoms with Crippen molar-refractivity contribution >= 4 is 15.9 Å². The Hall–Kier alpha value is -0.660. The molecule has 2 aliphatic rings. The number of likely N-dealkylation sites (tertiary alicyclic amines) is 1. The Balaban J connectivity index is 2.00. The quantitative estimate of drug-likeness (QED) is 0.697. The maximum Gasteiger partial charge on any atom is 0.241 e. The maximum atomic E-state index is 12.1. The first-order chi connectivity index (χ1) is 7.93. The van der Waals surface area contributed by atoms with Gasteiger partial charge in [0.2, 0.25) is 15.9 Å². The number of rotatable bonds is 3. The summed E-state index contributed by atoms with van der Waals surface area (Å²) >= 11 is 0. The number of hydrogen-bond donors (Lipinski definition) is 1. The number of nitrogens with zero attached hydrogens (tertiary/aromatic N) is 2. The fourth-order valence-electron chi connectivity index (χ4n) is 2.46. The Bertz CT molecular complexity index is 403. The van der Waals surface area contributed by atoms with Crippen molar-refractivity contribution in [2.45, 2.75) is 18.9 Å². The van der Waals surface area contributed by atoms with Crippen molar-refractivity contribution in [2.24, 2.45) is 5.92 Å². The Morgan fingerprint density at radius 2 is 2.06 bits per heavy atom. The molecular formula is C10H18N2O4S. The van der Waals surface area contributed by atoms with Crippen LogP contribution in [0.2, 0.25) is 0 Å². The van der Waals surface area contributed by atoms with Crippen LogP contribution in [0.5, 0.6) is 0 Å². The molecule has 1 N–H and O–H groups in total. The average molecular weight is 262 g/mol. The van der Waals surface area contributed by atoms with Crippen LogP contribution in [0.4, 0.5) is 0 Å². The van der Waals surface area contributed by atoms with Crippen LogP contribution >= 0.6 is 0 Å². The predicted molar refractivity (Wildman–Crippen MR) is 61.7 cm³/mol. The Morgan fingerprint density at radius 1 is 1.41 bits per heavy atom. The molecule has 0 aliphatic carbocycles. The molecule has 1 amide bonds. The summed E-state index contributed by atoms with van der Waals surface area (Å²) in [5.74, 6) is 0.0460. The van der Waals surface area contributed by atoms with E-state index in [1.54, 1.807) is 4.90 Å². The third-order valence-corrected chi connectivity index (χ3v) is 4.73. The molecule has 2 fully saturated rings. The summed E-state index contributed by atoms with van der Waals surface area (Å²) in [5.41, 5.74) is 0. The SMILES string of the molecule is CS(=O)(=O)N1CCCC1C(=O)N1CC(CO)C1. The number of carbonyl (C=O) groups is 1. The fourth-order valence-corrected chi connectivity index (χ4v) is 3.58. The normalized spacial score (nSPS) is 27.2. The highest BCUT2D eigenvalue weighted by atomic mass is 32.2. The minimum atomic E-state index is -3.30. The zero-order chi connectivity index (χ0) is 12.6. The molecule has 1 unspecified atom stereocenters. The molecule has 17 heavy (non-hydrogen) atoms. The molecular weight excluding hydrogens is 244 g/mol. The van der Waals surface area contributed by atoms with Gasteiger partial charge in [0.1, 0.15) is 6.04 Å². The topological polar surface area (TPSA) is 77.9 Å². The molecule has 2 heterocycles. The van der Waals surface area contributed by atoms with Crippen molar-refractivity contribution in [1.29, 1.82) is 0 Å². The first-order valence-corrected chi connectivity index (χ1v) is 7.64. The van der Waals surface area contributed by atoms with Crippen LogP contribution in [0.3, 0.4) is 0 Å². The largest absolute Gasteiger partial charge is 0.396 e. The highest BCUT2D eigenvalue weighted by molar-refractivity contribution is 7.88. The van der Waals surface area contributed by atoms with Crippen LogP contribution in [0.25, 0.3) is 0 Å². The molecule has 0 radical (unpaired) electrons. The molecule has 0 saturated carbocycles. The van der Waals surface area contributed by atoms with Gasteiger partial charge in [-0.25, -0.2) is 8.42 Å². The summed E-state index contributed by atoms with van der Waals surface area (Å²) in [6, 6.07) is -0.523. The van der Waals surface area contributed by atoms with Crippen molar-refractivity contribution < 1.29 is 18.3 Å². The van der Waals surface area contributed by atoms with Crippen LogP contribution in [0, 0.1) is 5.92 Å². The molecule has 2 saturated heterocycles. The van der Waals surface area contributed by atoms with E-state index < -0.39 is 16.1 Å². The Kier molecular flexibility index (Phi) is 3.42. The number of aliphatic hydroxyl groups excluding tert-OH is 1. The van der Waals surface area contributed by atoms with E-state index in [0.717, 1.165) is 12.7 Å². The lowest BCUT2D eigenvalue weighted by atomic mass is 10.00. The monoisotopic (exact) mass is 262 g/mol. The van der Waals surface area contributed by atoms with Crippen LogP contribution in [0.15, 0.2) is 0 Å². The van der Waals surface area contributed by atoms with E-state index in [9.17, 15) is 13.2 Å². The van der Waals surface area contributed by atoms with Gasteiger partial charge in [-0.3, -0.25) is 4.79 Å². The third-order valence-electron chi connectivity index (χ3n) is 3.44. The minimum absolute atomic E-state index is 0.0875.